The number of nitrogens with two attached hydrogens (primary N) is 2. The minimum Gasteiger partial charge on any atom is -0.367 e. The summed E-state index contributed by atoms with van der Waals surface area (Å²) >= 11 is 0. The summed E-state index contributed by atoms with van der Waals surface area (Å²) in [6.45, 7) is 1.37. The molecule has 0 amide bonds. The molecule has 0 aliphatic heterocycles. The Morgan fingerprint density at radius 2 is 1.40 bits per heavy atom. The third-order valence-corrected chi connectivity index (χ3v) is 2.16. The van der Waals surface area contributed by atoms with Crippen molar-refractivity contribution in [3.05, 3.63) is 35.4 Å². The summed E-state index contributed by atoms with van der Waals surface area (Å²) in [5.41, 5.74) is 15.8. The summed E-state index contributed by atoms with van der Waals surface area (Å²) in [5.74, 6) is -1.22. The lowest BCUT2D eigenvalue weighted by Crippen LogP contribution is -2.27. The van der Waals surface area contributed by atoms with Crippen LogP contribution in [-0.4, -0.2) is 38.1 Å². The van der Waals surface area contributed by atoms with E-state index in [1.54, 1.807) is 6.07 Å². The van der Waals surface area contributed by atoms with Crippen molar-refractivity contribution in [3.63, 3.8) is 0 Å². The van der Waals surface area contributed by atoms with E-state index in [1.165, 1.54) is 18.2 Å². The highest BCUT2D eigenvalue weighted by Crippen LogP contribution is 2.07. The lowest BCUT2D eigenvalue weighted by atomic mass is 10.1. The Balaban J connectivity index is 2.60. The van der Waals surface area contributed by atoms with E-state index in [2.05, 4.69) is 11.0 Å². The molecule has 0 aromatic heterocycles. The molecule has 0 bridgehead atoms. The van der Waals surface area contributed by atoms with Crippen molar-refractivity contribution in [2.45, 2.75) is 0 Å². The maximum Gasteiger partial charge on any atom is 0.356 e. The second kappa shape index (κ2) is 8.99. The van der Waals surface area contributed by atoms with Crippen molar-refractivity contribution < 1.29 is 19.3 Å². The molecule has 1 rings (SSSR count). The summed E-state index contributed by atoms with van der Waals surface area (Å²) in [6, 6.07) is 5.98. The molecule has 0 fully saturated rings. The summed E-state index contributed by atoms with van der Waals surface area (Å²) < 4.78 is 0. The zero-order chi connectivity index (χ0) is 14.8. The van der Waals surface area contributed by atoms with Crippen LogP contribution < -0.4 is 22.4 Å². The normalized spacial score (nSPS) is 10.1. The number of rotatable bonds is 8. The summed E-state index contributed by atoms with van der Waals surface area (Å²) in [7, 11) is 0. The molecule has 110 valence electrons. The first-order valence-electron chi connectivity index (χ1n) is 6.07. The number of benzene rings is 1. The van der Waals surface area contributed by atoms with Crippen molar-refractivity contribution in [2.24, 2.45) is 11.5 Å². The van der Waals surface area contributed by atoms with Gasteiger partial charge in [0, 0.05) is 26.2 Å². The van der Waals surface area contributed by atoms with Gasteiger partial charge in [0.1, 0.15) is 0 Å². The number of hydrogen-bond donors (Lipinski definition) is 4. The first-order chi connectivity index (χ1) is 9.69. The van der Waals surface area contributed by atoms with E-state index < -0.39 is 11.9 Å². The number of nitrogens with one attached hydrogen (secondary N) is 2. The molecular formula is C12H18N4O4. The predicted molar refractivity (Wildman–Crippen MR) is 71.4 cm³/mol. The molecule has 6 N–H and O–H groups in total. The monoisotopic (exact) mass is 282 g/mol. The van der Waals surface area contributed by atoms with Gasteiger partial charge in [-0.15, -0.1) is 0 Å². The van der Waals surface area contributed by atoms with Crippen molar-refractivity contribution in [3.8, 4) is 0 Å². The fourth-order valence-electron chi connectivity index (χ4n) is 1.24. The van der Waals surface area contributed by atoms with Gasteiger partial charge in [-0.05, 0) is 18.2 Å². The second-order valence-electron chi connectivity index (χ2n) is 3.73. The van der Waals surface area contributed by atoms with Crippen LogP contribution >= 0.6 is 0 Å². The Hall–Kier alpha value is -2.00. The molecule has 0 aliphatic carbocycles. The van der Waals surface area contributed by atoms with Crippen LogP contribution in [0.2, 0.25) is 0 Å². The zero-order valence-corrected chi connectivity index (χ0v) is 10.9. The van der Waals surface area contributed by atoms with E-state index in [1.807, 2.05) is 0 Å². The van der Waals surface area contributed by atoms with Gasteiger partial charge in [0.25, 0.3) is 0 Å². The van der Waals surface area contributed by atoms with Crippen LogP contribution in [0.1, 0.15) is 20.7 Å². The Labute approximate surface area is 116 Å². The molecular weight excluding hydrogens is 264 g/mol. The smallest absolute Gasteiger partial charge is 0.356 e. The molecule has 0 atom stereocenters. The lowest BCUT2D eigenvalue weighted by molar-refractivity contribution is 0.0258. The molecule has 0 radical (unpaired) electrons. The van der Waals surface area contributed by atoms with Gasteiger partial charge in [-0.3, -0.25) is 0 Å². The second-order valence-corrected chi connectivity index (χ2v) is 3.73. The van der Waals surface area contributed by atoms with Gasteiger partial charge in [0.05, 0.1) is 11.1 Å². The molecule has 1 aromatic rings. The Bertz CT molecular complexity index is 416. The molecule has 0 heterocycles. The van der Waals surface area contributed by atoms with E-state index in [-0.39, 0.29) is 11.1 Å². The van der Waals surface area contributed by atoms with Crippen molar-refractivity contribution in [2.75, 3.05) is 26.2 Å². The third kappa shape index (κ3) is 5.33. The predicted octanol–water partition coefficient (Wildman–Crippen LogP) is -1.07. The summed E-state index contributed by atoms with van der Waals surface area (Å²) in [6.07, 6.45) is 0. The zero-order valence-electron chi connectivity index (χ0n) is 10.9. The van der Waals surface area contributed by atoms with Gasteiger partial charge in [-0.25, -0.2) is 9.59 Å². The molecule has 0 saturated carbocycles. The first kappa shape index (κ1) is 16.1. The van der Waals surface area contributed by atoms with Gasteiger partial charge in [-0.1, -0.05) is 6.07 Å². The average molecular weight is 282 g/mol. The van der Waals surface area contributed by atoms with E-state index in [9.17, 15) is 9.59 Å². The van der Waals surface area contributed by atoms with Crippen molar-refractivity contribution in [1.29, 1.82) is 0 Å². The van der Waals surface area contributed by atoms with Crippen molar-refractivity contribution >= 4 is 11.9 Å². The van der Waals surface area contributed by atoms with Gasteiger partial charge < -0.3 is 21.1 Å². The van der Waals surface area contributed by atoms with Crippen LogP contribution in [0.15, 0.2) is 24.3 Å². The van der Waals surface area contributed by atoms with Crippen LogP contribution in [0.4, 0.5) is 0 Å². The molecule has 1 aromatic carbocycles. The van der Waals surface area contributed by atoms with Crippen LogP contribution in [0, 0.1) is 0 Å². The fourth-order valence-corrected chi connectivity index (χ4v) is 1.24. The van der Waals surface area contributed by atoms with E-state index in [0.29, 0.717) is 26.2 Å². The largest absolute Gasteiger partial charge is 0.367 e. The number of carbonyl (C=O) groups excluding carboxylic acids is 2. The van der Waals surface area contributed by atoms with Gasteiger partial charge in [0.2, 0.25) is 0 Å². The summed E-state index contributed by atoms with van der Waals surface area (Å²) in [5, 5.41) is 0. The van der Waals surface area contributed by atoms with Gasteiger partial charge in [0.15, 0.2) is 0 Å². The number of carbonyl (C=O) groups is 2. The maximum atomic E-state index is 11.6. The maximum absolute atomic E-state index is 11.6. The van der Waals surface area contributed by atoms with Crippen molar-refractivity contribution in [1.82, 2.24) is 11.0 Å². The number of hydroxylamine groups is 2. The third-order valence-electron chi connectivity index (χ3n) is 2.16. The van der Waals surface area contributed by atoms with E-state index in [4.69, 9.17) is 21.1 Å². The molecule has 8 heteroatoms. The van der Waals surface area contributed by atoms with Crippen LogP contribution in [0.5, 0.6) is 0 Å². The minimum atomic E-state index is -0.608. The lowest BCUT2D eigenvalue weighted by Gasteiger charge is -2.07. The standard InChI is InChI=1S/C12H18N4O4/c13-4-6-15-19-11(17)9-2-1-3-10(8-9)12(18)20-16-7-5-14/h1-3,8,15-16H,4-7,13-14H2. The Kier molecular flexibility index (Phi) is 7.22. The molecule has 0 saturated heterocycles. The molecule has 20 heavy (non-hydrogen) atoms. The van der Waals surface area contributed by atoms with Crippen LogP contribution in [-0.2, 0) is 9.68 Å². The minimum absolute atomic E-state index is 0.225. The highest BCUT2D eigenvalue weighted by molar-refractivity contribution is 5.95. The quantitative estimate of drug-likeness (QED) is 0.350. The SMILES string of the molecule is NCCNOC(=O)c1cccc(C(=O)ONCCN)c1. The van der Waals surface area contributed by atoms with E-state index >= 15 is 0 Å². The summed E-state index contributed by atoms with van der Waals surface area (Å²) in [4.78, 5) is 32.8. The Morgan fingerprint density at radius 3 is 1.80 bits per heavy atom. The topological polar surface area (TPSA) is 129 Å². The Morgan fingerprint density at radius 1 is 0.950 bits per heavy atom. The highest BCUT2D eigenvalue weighted by atomic mass is 16.7. The fraction of sp³-hybridized carbons (Fsp3) is 0.333. The van der Waals surface area contributed by atoms with Crippen LogP contribution in [0.3, 0.4) is 0 Å². The molecule has 0 unspecified atom stereocenters. The average Bonchev–Trinajstić information content (AvgIpc) is 2.47. The van der Waals surface area contributed by atoms with Crippen LogP contribution in [0.25, 0.3) is 0 Å². The molecule has 0 spiro atoms. The molecule has 8 nitrogen and oxygen atoms in total. The molecule has 0 aliphatic rings. The first-order valence-corrected chi connectivity index (χ1v) is 6.07. The van der Waals surface area contributed by atoms with Gasteiger partial charge >= 0.3 is 11.9 Å². The highest BCUT2D eigenvalue weighted by Gasteiger charge is 2.12. The van der Waals surface area contributed by atoms with Gasteiger partial charge in [-0.2, -0.15) is 11.0 Å². The number of hydrogen-bond acceptors (Lipinski definition) is 8. The van der Waals surface area contributed by atoms with E-state index in [0.717, 1.165) is 0 Å².